The molecular formula is C26H27N3O2. The van der Waals surface area contributed by atoms with Crippen molar-refractivity contribution in [1.29, 1.82) is 0 Å². The van der Waals surface area contributed by atoms with E-state index in [1.807, 2.05) is 17.0 Å². The van der Waals surface area contributed by atoms with E-state index in [1.165, 1.54) is 5.56 Å². The zero-order valence-electron chi connectivity index (χ0n) is 18.0. The normalized spacial score (nSPS) is 20.9. The molecule has 31 heavy (non-hydrogen) atoms. The van der Waals surface area contributed by atoms with Gasteiger partial charge in [0.05, 0.1) is 6.04 Å². The zero-order chi connectivity index (χ0) is 21.7. The molecule has 2 aromatic carbocycles. The third-order valence-corrected chi connectivity index (χ3v) is 6.61. The number of para-hydroxylation sites is 1. The lowest BCUT2D eigenvalue weighted by Gasteiger charge is -2.47. The van der Waals surface area contributed by atoms with Crippen LogP contribution in [-0.2, 0) is 16.0 Å². The Morgan fingerprint density at radius 2 is 1.87 bits per heavy atom. The Hall–Kier alpha value is -3.34. The second kappa shape index (κ2) is 7.41. The number of aromatic amines is 1. The van der Waals surface area contributed by atoms with Gasteiger partial charge in [-0.05, 0) is 28.7 Å². The van der Waals surface area contributed by atoms with E-state index >= 15 is 0 Å². The summed E-state index contributed by atoms with van der Waals surface area (Å²) in [4.78, 5) is 33.7. The van der Waals surface area contributed by atoms with Crippen LogP contribution in [0.25, 0.3) is 10.9 Å². The third-order valence-electron chi connectivity index (χ3n) is 6.61. The molecule has 0 aliphatic carbocycles. The van der Waals surface area contributed by atoms with E-state index in [-0.39, 0.29) is 24.4 Å². The van der Waals surface area contributed by atoms with Gasteiger partial charge in [0.15, 0.2) is 0 Å². The van der Waals surface area contributed by atoms with Crippen LogP contribution in [0.5, 0.6) is 0 Å². The molecule has 0 radical (unpaired) electrons. The second-order valence-corrected chi connectivity index (χ2v) is 8.82. The molecule has 2 aliphatic heterocycles. The lowest BCUT2D eigenvalue weighted by atomic mass is 9.85. The van der Waals surface area contributed by atoms with Crippen LogP contribution in [0.1, 0.15) is 48.2 Å². The van der Waals surface area contributed by atoms with Gasteiger partial charge in [-0.15, -0.1) is 6.58 Å². The van der Waals surface area contributed by atoms with Crippen LogP contribution >= 0.6 is 0 Å². The fourth-order valence-corrected chi connectivity index (χ4v) is 5.04. The van der Waals surface area contributed by atoms with Crippen molar-refractivity contribution in [3.63, 3.8) is 0 Å². The van der Waals surface area contributed by atoms with Gasteiger partial charge in [-0.25, -0.2) is 0 Å². The van der Waals surface area contributed by atoms with Crippen molar-refractivity contribution in [3.8, 4) is 0 Å². The van der Waals surface area contributed by atoms with E-state index in [0.717, 1.165) is 27.7 Å². The van der Waals surface area contributed by atoms with Gasteiger partial charge in [0.25, 0.3) is 0 Å². The molecule has 2 atom stereocenters. The highest BCUT2D eigenvalue weighted by Gasteiger charge is 2.47. The highest BCUT2D eigenvalue weighted by atomic mass is 16.2. The molecule has 1 N–H and O–H groups in total. The van der Waals surface area contributed by atoms with E-state index in [2.05, 4.69) is 61.8 Å². The van der Waals surface area contributed by atoms with Gasteiger partial charge in [0, 0.05) is 29.6 Å². The molecule has 1 aromatic heterocycles. The number of amides is 2. The predicted octanol–water partition coefficient (Wildman–Crippen LogP) is 4.16. The molecule has 1 fully saturated rings. The highest BCUT2D eigenvalue weighted by Crippen LogP contribution is 2.42. The van der Waals surface area contributed by atoms with Gasteiger partial charge >= 0.3 is 0 Å². The fraction of sp³-hybridized carbons (Fsp3) is 0.308. The minimum Gasteiger partial charge on any atom is -0.356 e. The zero-order valence-corrected chi connectivity index (χ0v) is 18.0. The van der Waals surface area contributed by atoms with Gasteiger partial charge < -0.3 is 14.8 Å². The molecule has 2 amide bonds. The standard InChI is InChI=1S/C26H27N3O2/c1-4-13-28-15-23(30)29-22(26(28)31)14-20-19-7-5-6-8-21(19)27-24(20)25(29)18-11-9-17(10-12-18)16(2)3/h4-12,16,22,25,27H,1,13-15H2,2-3H3. The lowest BCUT2D eigenvalue weighted by Crippen LogP contribution is -2.62. The number of hydrogen-bond acceptors (Lipinski definition) is 2. The molecule has 5 rings (SSSR count). The first-order chi connectivity index (χ1) is 15.0. The SMILES string of the molecule is C=CCN1CC(=O)N2C(Cc3c([nH]c4ccccc34)C2c2ccc(C(C)C)cc2)C1=O. The van der Waals surface area contributed by atoms with Crippen LogP contribution in [0.4, 0.5) is 0 Å². The first-order valence-corrected chi connectivity index (χ1v) is 10.9. The topological polar surface area (TPSA) is 56.4 Å². The van der Waals surface area contributed by atoms with Crippen molar-refractivity contribution >= 4 is 22.7 Å². The number of nitrogens with one attached hydrogen (secondary N) is 1. The van der Waals surface area contributed by atoms with E-state index in [1.54, 1.807) is 11.0 Å². The predicted molar refractivity (Wildman–Crippen MR) is 122 cm³/mol. The molecule has 0 spiro atoms. The van der Waals surface area contributed by atoms with Crippen LogP contribution in [0.15, 0.2) is 61.2 Å². The molecule has 2 unspecified atom stereocenters. The molecule has 0 saturated carbocycles. The molecular weight excluding hydrogens is 386 g/mol. The highest BCUT2D eigenvalue weighted by molar-refractivity contribution is 5.97. The number of piperazine rings is 1. The van der Waals surface area contributed by atoms with Crippen molar-refractivity contribution < 1.29 is 9.59 Å². The van der Waals surface area contributed by atoms with Gasteiger partial charge in [-0.2, -0.15) is 0 Å². The van der Waals surface area contributed by atoms with E-state index in [4.69, 9.17) is 0 Å². The maximum absolute atomic E-state index is 13.4. The van der Waals surface area contributed by atoms with Gasteiger partial charge in [0.1, 0.15) is 12.6 Å². The third kappa shape index (κ3) is 3.07. The Labute approximate surface area is 182 Å². The number of nitrogens with zero attached hydrogens (tertiary/aromatic N) is 2. The lowest BCUT2D eigenvalue weighted by molar-refractivity contribution is -0.158. The van der Waals surface area contributed by atoms with Gasteiger partial charge in [-0.1, -0.05) is 62.4 Å². The van der Waals surface area contributed by atoms with E-state index in [9.17, 15) is 9.59 Å². The molecule has 1 saturated heterocycles. The largest absolute Gasteiger partial charge is 0.356 e. The van der Waals surface area contributed by atoms with Crippen molar-refractivity contribution in [3.05, 3.63) is 83.6 Å². The maximum atomic E-state index is 13.4. The summed E-state index contributed by atoms with van der Waals surface area (Å²) in [5.74, 6) is 0.412. The summed E-state index contributed by atoms with van der Waals surface area (Å²) < 4.78 is 0. The van der Waals surface area contributed by atoms with Crippen LogP contribution in [-0.4, -0.2) is 45.7 Å². The number of H-pyrrole nitrogens is 1. The molecule has 5 nitrogen and oxygen atoms in total. The fourth-order valence-electron chi connectivity index (χ4n) is 5.04. The minimum atomic E-state index is -0.498. The second-order valence-electron chi connectivity index (χ2n) is 8.82. The Morgan fingerprint density at radius 3 is 2.58 bits per heavy atom. The average molecular weight is 414 g/mol. The summed E-state index contributed by atoms with van der Waals surface area (Å²) in [7, 11) is 0. The number of carbonyl (C=O) groups excluding carboxylic acids is 2. The number of carbonyl (C=O) groups is 2. The summed E-state index contributed by atoms with van der Waals surface area (Å²) in [6.45, 7) is 8.57. The van der Waals surface area contributed by atoms with Gasteiger partial charge in [0.2, 0.25) is 11.8 Å². The molecule has 158 valence electrons. The van der Waals surface area contributed by atoms with Crippen molar-refractivity contribution in [2.45, 2.75) is 38.3 Å². The Bertz CT molecular complexity index is 1180. The minimum absolute atomic E-state index is 0.000711. The monoisotopic (exact) mass is 413 g/mol. The number of aromatic nitrogens is 1. The summed E-state index contributed by atoms with van der Waals surface area (Å²) in [6.07, 6.45) is 2.21. The molecule has 3 aromatic rings. The van der Waals surface area contributed by atoms with E-state index < -0.39 is 6.04 Å². The first kappa shape index (κ1) is 19.6. The van der Waals surface area contributed by atoms with Crippen LogP contribution in [0.2, 0.25) is 0 Å². The summed E-state index contributed by atoms with van der Waals surface area (Å²) in [5, 5.41) is 1.13. The molecule has 2 aliphatic rings. The van der Waals surface area contributed by atoms with Crippen molar-refractivity contribution in [1.82, 2.24) is 14.8 Å². The quantitative estimate of drug-likeness (QED) is 0.653. The Morgan fingerprint density at radius 1 is 1.13 bits per heavy atom. The first-order valence-electron chi connectivity index (χ1n) is 10.9. The number of benzene rings is 2. The van der Waals surface area contributed by atoms with E-state index in [0.29, 0.717) is 18.9 Å². The van der Waals surface area contributed by atoms with Crippen LogP contribution in [0, 0.1) is 0 Å². The van der Waals surface area contributed by atoms with Gasteiger partial charge in [-0.3, -0.25) is 9.59 Å². The maximum Gasteiger partial charge on any atom is 0.246 e. The molecule has 0 bridgehead atoms. The molecule has 3 heterocycles. The molecule has 5 heteroatoms. The van der Waals surface area contributed by atoms with Crippen molar-refractivity contribution in [2.75, 3.05) is 13.1 Å². The van der Waals surface area contributed by atoms with Crippen molar-refractivity contribution in [2.24, 2.45) is 0 Å². The number of hydrogen-bond donors (Lipinski definition) is 1. The number of fused-ring (bicyclic) bond motifs is 4. The summed E-state index contributed by atoms with van der Waals surface area (Å²) in [6, 6.07) is 15.8. The summed E-state index contributed by atoms with van der Waals surface area (Å²) in [5.41, 5.74) is 5.48. The Balaban J connectivity index is 1.68. The summed E-state index contributed by atoms with van der Waals surface area (Å²) >= 11 is 0. The smallest absolute Gasteiger partial charge is 0.246 e. The van der Waals surface area contributed by atoms with Crippen LogP contribution in [0.3, 0.4) is 0 Å². The number of rotatable bonds is 4. The Kier molecular flexibility index (Phi) is 4.69. The van der Waals surface area contributed by atoms with Crippen LogP contribution < -0.4 is 0 Å². The average Bonchev–Trinajstić information content (AvgIpc) is 3.14.